The maximum absolute atomic E-state index is 13.6. The molecule has 0 spiro atoms. The largest absolute Gasteiger partial charge is 0.343 e. The molecule has 0 aliphatic heterocycles. The van der Waals surface area contributed by atoms with E-state index in [2.05, 4.69) is 0 Å². The third-order valence-corrected chi connectivity index (χ3v) is 3.64. The zero-order valence-corrected chi connectivity index (χ0v) is 12.3. The number of halogens is 2. The van der Waals surface area contributed by atoms with Gasteiger partial charge >= 0.3 is 0 Å². The van der Waals surface area contributed by atoms with Crippen LogP contribution in [-0.4, -0.2) is 10.4 Å². The van der Waals surface area contributed by atoms with Crippen molar-refractivity contribution >= 4 is 17.4 Å². The average molecular weight is 294 g/mol. The third kappa shape index (κ3) is 3.10. The highest BCUT2D eigenvalue weighted by molar-refractivity contribution is 6.31. The van der Waals surface area contributed by atoms with Crippen LogP contribution in [0.4, 0.5) is 4.39 Å². The van der Waals surface area contributed by atoms with Gasteiger partial charge < -0.3 is 4.57 Å². The van der Waals surface area contributed by atoms with Crippen molar-refractivity contribution in [2.75, 3.05) is 0 Å². The monoisotopic (exact) mass is 293 g/mol. The van der Waals surface area contributed by atoms with E-state index in [4.69, 9.17) is 11.6 Å². The first-order valence-corrected chi connectivity index (χ1v) is 7.01. The highest BCUT2D eigenvalue weighted by atomic mass is 35.5. The van der Waals surface area contributed by atoms with E-state index in [0.717, 1.165) is 0 Å². The van der Waals surface area contributed by atoms with Gasteiger partial charge in [-0.3, -0.25) is 4.79 Å². The molecule has 0 radical (unpaired) electrons. The molecule has 1 aromatic heterocycles. The first kappa shape index (κ1) is 14.8. The summed E-state index contributed by atoms with van der Waals surface area (Å²) in [5.74, 6) is -0.354. The molecule has 1 heterocycles. The van der Waals surface area contributed by atoms with Gasteiger partial charge in [0.2, 0.25) is 0 Å². The van der Waals surface area contributed by atoms with Crippen LogP contribution in [0.3, 0.4) is 0 Å². The Morgan fingerprint density at radius 2 is 2.05 bits per heavy atom. The lowest BCUT2D eigenvalue weighted by Gasteiger charge is -2.12. The highest BCUT2D eigenvalue weighted by Crippen LogP contribution is 2.21. The molecular weight excluding hydrogens is 277 g/mol. The van der Waals surface area contributed by atoms with Crippen LogP contribution in [0, 0.1) is 5.82 Å². The number of ketones is 1. The Morgan fingerprint density at radius 3 is 2.70 bits per heavy atom. The second-order valence-corrected chi connectivity index (χ2v) is 5.43. The molecule has 0 saturated heterocycles. The minimum absolute atomic E-state index is 0.00280. The van der Waals surface area contributed by atoms with Crippen molar-refractivity contribution in [2.45, 2.75) is 32.7 Å². The molecule has 2 rings (SSSR count). The predicted molar refractivity (Wildman–Crippen MR) is 78.9 cm³/mol. The summed E-state index contributed by atoms with van der Waals surface area (Å²) in [4.78, 5) is 12.2. The summed E-state index contributed by atoms with van der Waals surface area (Å²) in [5.41, 5.74) is 1.07. The lowest BCUT2D eigenvalue weighted by atomic mass is 10.1. The average Bonchev–Trinajstić information content (AvgIpc) is 2.87. The first-order valence-electron chi connectivity index (χ1n) is 6.63. The number of hydrogen-bond acceptors (Lipinski definition) is 1. The van der Waals surface area contributed by atoms with Crippen LogP contribution in [0.1, 0.15) is 42.4 Å². The molecule has 0 aliphatic rings. The topological polar surface area (TPSA) is 22.0 Å². The van der Waals surface area contributed by atoms with Crippen LogP contribution in [0.2, 0.25) is 5.02 Å². The molecule has 0 fully saturated rings. The number of hydrogen-bond donors (Lipinski definition) is 0. The van der Waals surface area contributed by atoms with Crippen LogP contribution >= 0.6 is 11.6 Å². The molecule has 0 unspecified atom stereocenters. The van der Waals surface area contributed by atoms with Crippen LogP contribution in [0.25, 0.3) is 0 Å². The SMILES string of the molecule is CC(C)n1cccc1C(=O)CCc1c(F)cccc1Cl. The second-order valence-electron chi connectivity index (χ2n) is 5.02. The summed E-state index contributed by atoms with van der Waals surface area (Å²) in [5, 5.41) is 0.372. The minimum Gasteiger partial charge on any atom is -0.343 e. The molecule has 0 aliphatic carbocycles. The van der Waals surface area contributed by atoms with Crippen molar-refractivity contribution in [3.05, 3.63) is 58.6 Å². The van der Waals surface area contributed by atoms with Crippen molar-refractivity contribution in [2.24, 2.45) is 0 Å². The van der Waals surface area contributed by atoms with Crippen molar-refractivity contribution < 1.29 is 9.18 Å². The van der Waals surface area contributed by atoms with E-state index in [-0.39, 0.29) is 24.1 Å². The van der Waals surface area contributed by atoms with Gasteiger partial charge in [-0.1, -0.05) is 17.7 Å². The van der Waals surface area contributed by atoms with Crippen molar-refractivity contribution in [3.8, 4) is 0 Å². The zero-order valence-electron chi connectivity index (χ0n) is 11.6. The summed E-state index contributed by atoms with van der Waals surface area (Å²) in [6.45, 7) is 4.04. The van der Waals surface area contributed by atoms with Gasteiger partial charge in [-0.25, -0.2) is 4.39 Å². The lowest BCUT2D eigenvalue weighted by Crippen LogP contribution is -2.11. The second kappa shape index (κ2) is 6.23. The quantitative estimate of drug-likeness (QED) is 0.734. The fraction of sp³-hybridized carbons (Fsp3) is 0.312. The molecule has 0 amide bonds. The Balaban J connectivity index is 2.11. The molecule has 2 aromatic rings. The summed E-state index contributed by atoms with van der Waals surface area (Å²) < 4.78 is 15.6. The van der Waals surface area contributed by atoms with E-state index in [1.54, 1.807) is 18.2 Å². The number of carbonyl (C=O) groups is 1. The summed E-state index contributed by atoms with van der Waals surface area (Å²) >= 11 is 5.96. The van der Waals surface area contributed by atoms with E-state index >= 15 is 0 Å². The van der Waals surface area contributed by atoms with Crippen LogP contribution in [0.15, 0.2) is 36.5 Å². The smallest absolute Gasteiger partial charge is 0.179 e. The molecular formula is C16H17ClFNO. The molecule has 4 heteroatoms. The van der Waals surface area contributed by atoms with Gasteiger partial charge in [0.15, 0.2) is 5.78 Å². The summed E-state index contributed by atoms with van der Waals surface area (Å²) in [6, 6.07) is 8.44. The fourth-order valence-electron chi connectivity index (χ4n) is 2.22. The Labute approximate surface area is 123 Å². The highest BCUT2D eigenvalue weighted by Gasteiger charge is 2.14. The van der Waals surface area contributed by atoms with Gasteiger partial charge in [-0.15, -0.1) is 0 Å². The van der Waals surface area contributed by atoms with E-state index in [0.29, 0.717) is 22.7 Å². The van der Waals surface area contributed by atoms with E-state index < -0.39 is 0 Å². The van der Waals surface area contributed by atoms with Gasteiger partial charge in [0, 0.05) is 29.2 Å². The van der Waals surface area contributed by atoms with Crippen LogP contribution in [-0.2, 0) is 6.42 Å². The number of Topliss-reactive ketones (excluding diaryl/α,β-unsaturated/α-hetero) is 1. The van der Waals surface area contributed by atoms with Crippen LogP contribution < -0.4 is 0 Å². The maximum atomic E-state index is 13.6. The molecule has 1 aromatic carbocycles. The molecule has 0 bridgehead atoms. The van der Waals surface area contributed by atoms with Crippen molar-refractivity contribution in [1.82, 2.24) is 4.57 Å². The number of carbonyl (C=O) groups excluding carboxylic acids is 1. The number of rotatable bonds is 5. The predicted octanol–water partition coefficient (Wildman–Crippen LogP) is 4.68. The first-order chi connectivity index (χ1) is 9.50. The minimum atomic E-state index is -0.357. The Kier molecular flexibility index (Phi) is 4.61. The van der Waals surface area contributed by atoms with E-state index in [1.165, 1.54) is 6.07 Å². The van der Waals surface area contributed by atoms with Gasteiger partial charge in [-0.05, 0) is 44.5 Å². The Bertz CT molecular complexity index is 598. The zero-order chi connectivity index (χ0) is 14.7. The molecule has 0 N–H and O–H groups in total. The normalized spacial score (nSPS) is 11.1. The standard InChI is InChI=1S/C16H17ClFNO/c1-11(2)19-10-4-7-15(19)16(20)9-8-12-13(17)5-3-6-14(12)18/h3-7,10-11H,8-9H2,1-2H3. The van der Waals surface area contributed by atoms with E-state index in [9.17, 15) is 9.18 Å². The van der Waals surface area contributed by atoms with Crippen molar-refractivity contribution in [1.29, 1.82) is 0 Å². The van der Waals surface area contributed by atoms with Gasteiger partial charge in [-0.2, -0.15) is 0 Å². The summed E-state index contributed by atoms with van der Waals surface area (Å²) in [7, 11) is 0. The Hall–Kier alpha value is -1.61. The summed E-state index contributed by atoms with van der Waals surface area (Å²) in [6.07, 6.45) is 2.44. The molecule has 20 heavy (non-hydrogen) atoms. The van der Waals surface area contributed by atoms with E-state index in [1.807, 2.05) is 30.7 Å². The van der Waals surface area contributed by atoms with Crippen molar-refractivity contribution in [3.63, 3.8) is 0 Å². The van der Waals surface area contributed by atoms with Crippen LogP contribution in [0.5, 0.6) is 0 Å². The van der Waals surface area contributed by atoms with Gasteiger partial charge in [0.25, 0.3) is 0 Å². The number of nitrogens with zero attached hydrogens (tertiary/aromatic N) is 1. The molecule has 106 valence electrons. The maximum Gasteiger partial charge on any atom is 0.179 e. The van der Waals surface area contributed by atoms with Gasteiger partial charge in [0.05, 0.1) is 5.69 Å². The molecule has 2 nitrogen and oxygen atoms in total. The number of benzene rings is 1. The third-order valence-electron chi connectivity index (χ3n) is 3.28. The molecule has 0 atom stereocenters. The lowest BCUT2D eigenvalue weighted by molar-refractivity contribution is 0.0972. The van der Waals surface area contributed by atoms with Gasteiger partial charge in [0.1, 0.15) is 5.82 Å². The number of aromatic nitrogens is 1. The fourth-order valence-corrected chi connectivity index (χ4v) is 2.48. The Morgan fingerprint density at radius 1 is 1.30 bits per heavy atom. The molecule has 0 saturated carbocycles.